The van der Waals surface area contributed by atoms with Crippen LogP contribution in [0.25, 0.3) is 11.3 Å². The zero-order valence-corrected chi connectivity index (χ0v) is 26.6. The molecule has 0 aliphatic carbocycles. The Hall–Kier alpha value is -5.71. The fraction of sp³-hybridized carbons (Fsp3) is 0.259. The first-order valence-electron chi connectivity index (χ1n) is 13.2. The summed E-state index contributed by atoms with van der Waals surface area (Å²) in [7, 11) is -4.57. The van der Waals surface area contributed by atoms with Crippen LogP contribution in [0.4, 0.5) is 37.8 Å². The van der Waals surface area contributed by atoms with Crippen molar-refractivity contribution in [1.29, 1.82) is 5.41 Å². The molecule has 0 bridgehead atoms. The van der Waals surface area contributed by atoms with Crippen molar-refractivity contribution in [2.75, 3.05) is 11.1 Å². The van der Waals surface area contributed by atoms with Crippen molar-refractivity contribution in [2.45, 2.75) is 50.7 Å². The molecule has 16 nitrogen and oxygen atoms in total. The van der Waals surface area contributed by atoms with E-state index < -0.39 is 51.8 Å². The average molecular weight is 744 g/mol. The molecule has 23 heteroatoms. The van der Waals surface area contributed by atoms with Gasteiger partial charge in [0.15, 0.2) is 5.82 Å². The molecule has 0 saturated heterocycles. The summed E-state index contributed by atoms with van der Waals surface area (Å²) in [6, 6.07) is 10.3. The molecular formula is C27H31F6N7O9S. The number of carbonyl (C=O) groups excluding carboxylic acids is 1. The minimum atomic E-state index is -5.08. The van der Waals surface area contributed by atoms with Crippen molar-refractivity contribution in [3.8, 4) is 11.3 Å². The monoisotopic (exact) mass is 743 g/mol. The van der Waals surface area contributed by atoms with Gasteiger partial charge in [-0.1, -0.05) is 24.3 Å². The Balaban J connectivity index is 0.00000145. The number of nitrogens with two attached hydrogens (primary N) is 2. The molecule has 0 unspecified atom stereocenters. The number of amides is 1. The predicted octanol–water partition coefficient (Wildman–Crippen LogP) is 2.67. The number of hydrogen-bond acceptors (Lipinski definition) is 10. The van der Waals surface area contributed by atoms with Crippen molar-refractivity contribution in [2.24, 2.45) is 5.73 Å². The van der Waals surface area contributed by atoms with Crippen LogP contribution < -0.4 is 27.7 Å². The van der Waals surface area contributed by atoms with E-state index in [2.05, 4.69) is 15.6 Å². The van der Waals surface area contributed by atoms with E-state index in [9.17, 15) is 48.9 Å². The van der Waals surface area contributed by atoms with Crippen LogP contribution in [0.1, 0.15) is 25.0 Å². The second kappa shape index (κ2) is 20.0. The Morgan fingerprint density at radius 2 is 1.60 bits per heavy atom. The van der Waals surface area contributed by atoms with E-state index in [1.165, 1.54) is 12.3 Å². The summed E-state index contributed by atoms with van der Waals surface area (Å²) in [5.41, 5.74) is 12.3. The minimum Gasteiger partial charge on any atom is -0.483 e. The van der Waals surface area contributed by atoms with Crippen LogP contribution in [-0.2, 0) is 37.6 Å². The number of nitrogens with zero attached hydrogens (tertiary/aromatic N) is 2. The first kappa shape index (κ1) is 44.3. The number of hydrogen-bond donors (Lipinski definition) is 8. The second-order valence-corrected chi connectivity index (χ2v) is 10.9. The van der Waals surface area contributed by atoms with Gasteiger partial charge in [0.25, 0.3) is 22.1 Å². The van der Waals surface area contributed by atoms with Crippen LogP contribution in [-0.4, -0.2) is 75.8 Å². The summed E-state index contributed by atoms with van der Waals surface area (Å²) in [4.78, 5) is 46.9. The van der Waals surface area contributed by atoms with Crippen molar-refractivity contribution in [1.82, 2.24) is 14.9 Å². The van der Waals surface area contributed by atoms with Gasteiger partial charge >= 0.3 is 18.8 Å². The summed E-state index contributed by atoms with van der Waals surface area (Å²) in [5.74, 6) is -3.30. The number of alkyl halides is 6. The van der Waals surface area contributed by atoms with Crippen LogP contribution in [0.2, 0.25) is 0 Å². The molecule has 276 valence electrons. The zero-order chi connectivity index (χ0) is 39.0. The lowest BCUT2D eigenvalue weighted by atomic mass is 10.1. The summed E-state index contributed by atoms with van der Waals surface area (Å²) < 4.78 is 94.7. The van der Waals surface area contributed by atoms with Gasteiger partial charge in [0, 0.05) is 29.4 Å². The normalized spacial score (nSPS) is 10.7. The Bertz CT molecular complexity index is 1790. The molecule has 1 aromatic heterocycles. The van der Waals surface area contributed by atoms with E-state index in [0.717, 1.165) is 22.3 Å². The number of carboxylic acids is 1. The number of carboxylic acid groups (broad SMARTS) is 2. The van der Waals surface area contributed by atoms with E-state index in [1.54, 1.807) is 24.3 Å². The Kier molecular flexibility index (Phi) is 17.7. The lowest BCUT2D eigenvalue weighted by Gasteiger charge is -2.17. The van der Waals surface area contributed by atoms with E-state index in [1.807, 2.05) is 13.8 Å². The molecule has 3 rings (SSSR count). The van der Waals surface area contributed by atoms with Gasteiger partial charge < -0.3 is 32.3 Å². The fourth-order valence-electron chi connectivity index (χ4n) is 3.37. The highest BCUT2D eigenvalue weighted by molar-refractivity contribution is 7.85. The molecule has 0 fully saturated rings. The number of carbonyl (C=O) groups is 3. The summed E-state index contributed by atoms with van der Waals surface area (Å²) in [6.45, 7) is -0.515. The Morgan fingerprint density at radius 1 is 1.10 bits per heavy atom. The van der Waals surface area contributed by atoms with E-state index in [4.69, 9.17) is 36.7 Å². The lowest BCUT2D eigenvalue weighted by Crippen LogP contribution is -2.35. The van der Waals surface area contributed by atoms with Gasteiger partial charge in [-0.15, -0.1) is 0 Å². The first-order chi connectivity index (χ1) is 22.9. The molecule has 0 aliphatic heterocycles. The molecule has 0 aliphatic rings. The second-order valence-electron chi connectivity index (χ2n) is 9.49. The summed E-state index contributed by atoms with van der Waals surface area (Å²) in [6.07, 6.45) is -3.76. The predicted molar refractivity (Wildman–Crippen MR) is 166 cm³/mol. The molecule has 1 heterocycles. The van der Waals surface area contributed by atoms with Gasteiger partial charge in [-0.2, -0.15) is 34.8 Å². The zero-order valence-electron chi connectivity index (χ0n) is 25.8. The maximum absolute atomic E-state index is 13.2. The first-order valence-corrected chi connectivity index (χ1v) is 14.6. The molecule has 0 saturated carbocycles. The average Bonchev–Trinajstić information content (AvgIpc) is 2.97. The number of benzene rings is 2. The number of nitrogens with one attached hydrogen (secondary N) is 3. The third-order valence-corrected chi connectivity index (χ3v) is 6.13. The van der Waals surface area contributed by atoms with Crippen molar-refractivity contribution in [3.63, 3.8) is 0 Å². The molecule has 50 heavy (non-hydrogen) atoms. The third-order valence-electron chi connectivity index (χ3n) is 5.30. The number of aliphatic carboxylic acids is 1. The maximum atomic E-state index is 13.2. The molecule has 1 amide bonds. The van der Waals surface area contributed by atoms with Gasteiger partial charge in [0.05, 0.1) is 16.8 Å². The molecule has 10 N–H and O–H groups in total. The standard InChI is InChI=1S/C23H27N7O5S.C2HF3O2.CHF3.CH2O2/c1-13(2)29-22-23(32)30(12-20(31)27-10-14-3-5-15(6-4-14)21(25)26)19(11-28-22)16-7-17(24)9-18(8-16)36(33,34)35;3-2(4,5)1(6)7;2-1(3)4;2-1-3/h3-9,11,13H,10,12,24H2,1-2H3,(H3,25,26)(H,27,31)(H,28,29)(H,33,34,35);(H,6,7);1H;1H,(H,2,3). The van der Waals surface area contributed by atoms with Crippen LogP contribution in [0.3, 0.4) is 0 Å². The summed E-state index contributed by atoms with van der Waals surface area (Å²) in [5, 5.41) is 27.1. The van der Waals surface area contributed by atoms with E-state index in [0.29, 0.717) is 5.56 Å². The van der Waals surface area contributed by atoms with Gasteiger partial charge in [0.1, 0.15) is 12.4 Å². The lowest BCUT2D eigenvalue weighted by molar-refractivity contribution is -0.192. The van der Waals surface area contributed by atoms with Crippen molar-refractivity contribution >= 4 is 45.8 Å². The van der Waals surface area contributed by atoms with Crippen LogP contribution in [0, 0.1) is 5.41 Å². The number of rotatable bonds is 9. The Morgan fingerprint density at radius 3 is 2.02 bits per heavy atom. The van der Waals surface area contributed by atoms with Crippen LogP contribution in [0.15, 0.2) is 58.4 Å². The molecular weight excluding hydrogens is 712 g/mol. The van der Waals surface area contributed by atoms with Gasteiger partial charge in [-0.25, -0.2) is 9.78 Å². The molecule has 2 aromatic carbocycles. The highest BCUT2D eigenvalue weighted by atomic mass is 32.2. The highest BCUT2D eigenvalue weighted by Crippen LogP contribution is 2.25. The fourth-order valence-corrected chi connectivity index (χ4v) is 3.93. The number of anilines is 2. The van der Waals surface area contributed by atoms with Crippen LogP contribution >= 0.6 is 0 Å². The van der Waals surface area contributed by atoms with E-state index >= 15 is 0 Å². The number of halogens is 6. The highest BCUT2D eigenvalue weighted by Gasteiger charge is 2.38. The maximum Gasteiger partial charge on any atom is 0.490 e. The molecule has 3 aromatic rings. The molecule has 0 atom stereocenters. The van der Waals surface area contributed by atoms with Crippen molar-refractivity contribution in [3.05, 3.63) is 70.1 Å². The molecule has 0 spiro atoms. The SMILES string of the molecule is CC(C)Nc1ncc(-c2cc(N)cc(S(=O)(=O)O)c2)n(CC(=O)NCc2ccc(C(=N)N)cc2)c1=O.FC(F)F.O=C(O)C(F)(F)F.O=CO. The molecule has 0 radical (unpaired) electrons. The number of aromatic nitrogens is 2. The quantitative estimate of drug-likeness (QED) is 0.0391. The largest absolute Gasteiger partial charge is 0.490 e. The van der Waals surface area contributed by atoms with Crippen molar-refractivity contribution < 1.29 is 63.9 Å². The van der Waals surface area contributed by atoms with Gasteiger partial charge in [0.2, 0.25) is 5.91 Å². The number of amidine groups is 1. The third kappa shape index (κ3) is 16.4. The van der Waals surface area contributed by atoms with E-state index in [-0.39, 0.29) is 47.7 Å². The summed E-state index contributed by atoms with van der Waals surface area (Å²) >= 11 is 0. The van der Waals surface area contributed by atoms with Gasteiger partial charge in [-0.05, 0) is 37.6 Å². The number of nitrogen functional groups attached to an aromatic ring is 2. The topological polar surface area (TPSA) is 281 Å². The van der Waals surface area contributed by atoms with Gasteiger partial charge in [-0.3, -0.25) is 28.9 Å². The minimum absolute atomic E-state index is 0.0141. The Labute approximate surface area is 279 Å². The van der Waals surface area contributed by atoms with Crippen LogP contribution in [0.5, 0.6) is 0 Å². The smallest absolute Gasteiger partial charge is 0.483 e.